The highest BCUT2D eigenvalue weighted by Crippen LogP contribution is 2.38. The van der Waals surface area contributed by atoms with Crippen molar-refractivity contribution >= 4 is 43.4 Å². The minimum absolute atomic E-state index is 0.161. The molecule has 7 rings (SSSR count). The summed E-state index contributed by atoms with van der Waals surface area (Å²) < 4.78 is 45.2. The smallest absolute Gasteiger partial charge is 0.407 e. The van der Waals surface area contributed by atoms with Gasteiger partial charge in [-0.15, -0.1) is 0 Å². The van der Waals surface area contributed by atoms with Crippen molar-refractivity contribution in [1.82, 2.24) is 20.1 Å². The molecule has 2 aromatic carbocycles. The molecule has 50 heavy (non-hydrogen) atoms. The Morgan fingerprint density at radius 2 is 1.80 bits per heavy atom. The van der Waals surface area contributed by atoms with E-state index in [1.807, 2.05) is 37.6 Å². The van der Waals surface area contributed by atoms with Crippen LogP contribution in [0, 0.1) is 0 Å². The molecule has 3 fully saturated rings. The first-order valence-corrected chi connectivity index (χ1v) is 19.9. The first-order chi connectivity index (χ1) is 23.9. The molecule has 0 bridgehead atoms. The van der Waals surface area contributed by atoms with Crippen molar-refractivity contribution in [2.75, 3.05) is 44.1 Å². The Balaban J connectivity index is 1.36. The van der Waals surface area contributed by atoms with Gasteiger partial charge in [0.2, 0.25) is 0 Å². The van der Waals surface area contributed by atoms with Crippen molar-refractivity contribution < 1.29 is 27.4 Å². The fourth-order valence-electron chi connectivity index (χ4n) is 7.47. The van der Waals surface area contributed by atoms with Gasteiger partial charge in [0.15, 0.2) is 16.1 Å². The number of anilines is 1. The van der Waals surface area contributed by atoms with Gasteiger partial charge in [-0.05, 0) is 113 Å². The lowest BCUT2D eigenvalue weighted by molar-refractivity contribution is -0.0365. The Morgan fingerprint density at radius 3 is 2.54 bits per heavy atom. The maximum absolute atomic E-state index is 12.8. The summed E-state index contributed by atoms with van der Waals surface area (Å²) in [5.41, 5.74) is 3.09. The van der Waals surface area contributed by atoms with Crippen molar-refractivity contribution in [3.63, 3.8) is 0 Å². The van der Waals surface area contributed by atoms with Crippen LogP contribution in [-0.4, -0.2) is 80.1 Å². The number of hydrogen-bond donors (Lipinski definition) is 1. The van der Waals surface area contributed by atoms with Crippen molar-refractivity contribution in [1.29, 1.82) is 0 Å². The van der Waals surface area contributed by atoms with Crippen LogP contribution in [0.2, 0.25) is 0 Å². The minimum Gasteiger partial charge on any atom is -0.444 e. The normalized spacial score (nSPS) is 22.4. The van der Waals surface area contributed by atoms with Crippen molar-refractivity contribution in [2.24, 2.45) is 0 Å². The molecule has 3 atom stereocenters. The molecule has 12 heteroatoms. The van der Waals surface area contributed by atoms with Crippen molar-refractivity contribution in [3.8, 4) is 11.4 Å². The Labute approximate surface area is 294 Å². The number of aromatic nitrogens is 3. The van der Waals surface area contributed by atoms with E-state index in [2.05, 4.69) is 28.4 Å². The molecule has 3 saturated heterocycles. The second-order valence-corrected chi connectivity index (χ2v) is 17.1. The predicted molar refractivity (Wildman–Crippen MR) is 194 cm³/mol. The van der Waals surface area contributed by atoms with Gasteiger partial charge < -0.3 is 24.4 Å². The molecule has 1 amide bonds. The number of nitrogens with one attached hydrogen (secondary N) is 1. The van der Waals surface area contributed by atoms with Gasteiger partial charge in [0.25, 0.3) is 0 Å². The monoisotopic (exact) mass is 703 g/mol. The molecule has 4 aromatic rings. The summed E-state index contributed by atoms with van der Waals surface area (Å²) in [4.78, 5) is 20.6. The molecule has 1 N–H and O–H groups in total. The molecule has 0 radical (unpaired) electrons. The predicted octanol–water partition coefficient (Wildman–Crippen LogP) is 7.13. The third-order valence-electron chi connectivity index (χ3n) is 9.94. The van der Waals surface area contributed by atoms with E-state index in [1.54, 1.807) is 12.1 Å². The van der Waals surface area contributed by atoms with Crippen LogP contribution in [0.25, 0.3) is 33.1 Å². The quantitative estimate of drug-likeness (QED) is 0.223. The van der Waals surface area contributed by atoms with E-state index >= 15 is 0 Å². The minimum atomic E-state index is -3.47. The standard InChI is InChI=1S/C38H49N5O6S/c1-38(2,3)49-37(44)39-28-11-5-7-17-42(23-28)36-30-22-29(50(4,45)46)15-13-26(30)21-32(40-36)35-31-20-25(27-10-9-18-47-24-27)14-16-33(31)43(41-35)34-12-6-8-19-48-34/h13-16,20-22,27-28,34H,5-12,17-19,23-24H2,1-4H3,(H,39,44)/t27?,28-,34?/m0/s1. The van der Waals surface area contributed by atoms with Crippen LogP contribution >= 0.6 is 0 Å². The molecule has 0 aliphatic carbocycles. The number of fused-ring (bicyclic) bond motifs is 2. The van der Waals surface area contributed by atoms with Crippen LogP contribution in [0.4, 0.5) is 10.6 Å². The molecular weight excluding hydrogens is 655 g/mol. The van der Waals surface area contributed by atoms with Crippen LogP contribution in [0.1, 0.15) is 89.8 Å². The van der Waals surface area contributed by atoms with Gasteiger partial charge >= 0.3 is 6.09 Å². The van der Waals surface area contributed by atoms with E-state index in [-0.39, 0.29) is 17.2 Å². The first-order valence-electron chi connectivity index (χ1n) is 18.0. The second-order valence-electron chi connectivity index (χ2n) is 15.1. The Bertz CT molecular complexity index is 1970. The highest BCUT2D eigenvalue weighted by atomic mass is 32.2. The van der Waals surface area contributed by atoms with E-state index in [0.717, 1.165) is 85.3 Å². The fourth-order valence-corrected chi connectivity index (χ4v) is 8.12. The molecule has 5 heterocycles. The molecule has 2 aromatic heterocycles. The fraction of sp³-hybridized carbons (Fsp3) is 0.553. The third-order valence-corrected chi connectivity index (χ3v) is 11.0. The summed E-state index contributed by atoms with van der Waals surface area (Å²) in [6.45, 7) is 8.97. The molecule has 0 spiro atoms. The van der Waals surface area contributed by atoms with E-state index in [4.69, 9.17) is 24.3 Å². The second kappa shape index (κ2) is 14.1. The summed E-state index contributed by atoms with van der Waals surface area (Å²) in [5, 5.41) is 10.9. The average Bonchev–Trinajstić information content (AvgIpc) is 3.32. The number of carbonyl (C=O) groups excluding carboxylic acids is 1. The zero-order chi connectivity index (χ0) is 35.0. The van der Waals surface area contributed by atoms with Gasteiger partial charge in [-0.25, -0.2) is 22.9 Å². The summed E-state index contributed by atoms with van der Waals surface area (Å²) in [7, 11) is -3.47. The number of amides is 1. The molecule has 2 unspecified atom stereocenters. The number of alkyl carbamates (subject to hydrolysis) is 1. The van der Waals surface area contributed by atoms with Gasteiger partial charge in [0, 0.05) is 55.3 Å². The largest absolute Gasteiger partial charge is 0.444 e. The molecule has 3 aliphatic heterocycles. The summed E-state index contributed by atoms with van der Waals surface area (Å²) >= 11 is 0. The Hall–Kier alpha value is -3.74. The maximum Gasteiger partial charge on any atom is 0.407 e. The lowest BCUT2D eigenvalue weighted by Gasteiger charge is -2.28. The number of sulfone groups is 1. The van der Waals surface area contributed by atoms with Crippen molar-refractivity contribution in [2.45, 2.75) is 101 Å². The van der Waals surface area contributed by atoms with Gasteiger partial charge in [-0.2, -0.15) is 5.10 Å². The van der Waals surface area contributed by atoms with Gasteiger partial charge in [-0.1, -0.05) is 12.1 Å². The highest BCUT2D eigenvalue weighted by Gasteiger charge is 2.28. The number of pyridine rings is 1. The SMILES string of the molecule is CC(C)(C)OC(=O)N[C@H]1CCCCN(c2nc(-c3nn(C4CCCCO4)c4ccc(C5CCCOC5)cc34)cc3ccc(S(C)(=O)=O)cc23)C1. The summed E-state index contributed by atoms with van der Waals surface area (Å²) in [5.74, 6) is 0.991. The highest BCUT2D eigenvalue weighted by molar-refractivity contribution is 7.90. The Morgan fingerprint density at radius 1 is 0.960 bits per heavy atom. The number of benzene rings is 2. The van der Waals surface area contributed by atoms with Crippen LogP contribution in [0.3, 0.4) is 0 Å². The molecule has 0 saturated carbocycles. The van der Waals surface area contributed by atoms with Crippen LogP contribution < -0.4 is 10.2 Å². The van der Waals surface area contributed by atoms with Gasteiger partial charge in [0.05, 0.1) is 22.7 Å². The van der Waals surface area contributed by atoms with Gasteiger partial charge in [-0.3, -0.25) is 0 Å². The average molecular weight is 704 g/mol. The Kier molecular flexibility index (Phi) is 9.79. The van der Waals surface area contributed by atoms with E-state index in [1.165, 1.54) is 11.8 Å². The number of hydrogen-bond acceptors (Lipinski definition) is 9. The third kappa shape index (κ3) is 7.62. The number of nitrogens with zero attached hydrogens (tertiary/aromatic N) is 4. The van der Waals surface area contributed by atoms with E-state index in [0.29, 0.717) is 43.7 Å². The van der Waals surface area contributed by atoms with Crippen LogP contribution in [0.15, 0.2) is 47.4 Å². The molecular formula is C38H49N5O6S. The maximum atomic E-state index is 12.8. The lowest BCUT2D eigenvalue weighted by atomic mass is 9.92. The van der Waals surface area contributed by atoms with Crippen LogP contribution in [-0.2, 0) is 24.0 Å². The number of ether oxygens (including phenoxy) is 3. The lowest BCUT2D eigenvalue weighted by Crippen LogP contribution is -2.45. The first kappa shape index (κ1) is 34.7. The van der Waals surface area contributed by atoms with Crippen LogP contribution in [0.5, 0.6) is 0 Å². The number of carbonyl (C=O) groups is 1. The molecule has 3 aliphatic rings. The topological polar surface area (TPSA) is 125 Å². The number of rotatable bonds is 6. The molecule has 268 valence electrons. The summed E-state index contributed by atoms with van der Waals surface area (Å²) in [6, 6.07) is 13.7. The van der Waals surface area contributed by atoms with E-state index < -0.39 is 21.5 Å². The van der Waals surface area contributed by atoms with E-state index in [9.17, 15) is 13.2 Å². The molecule has 11 nitrogen and oxygen atoms in total. The summed E-state index contributed by atoms with van der Waals surface area (Å²) in [6.07, 6.45) is 8.36. The zero-order valence-corrected chi connectivity index (χ0v) is 30.4. The van der Waals surface area contributed by atoms with Crippen molar-refractivity contribution in [3.05, 3.63) is 48.0 Å². The van der Waals surface area contributed by atoms with Gasteiger partial charge in [0.1, 0.15) is 17.1 Å². The zero-order valence-electron chi connectivity index (χ0n) is 29.6.